The number of aromatic nitrogens is 2. The summed E-state index contributed by atoms with van der Waals surface area (Å²) in [6, 6.07) is 16.9. The summed E-state index contributed by atoms with van der Waals surface area (Å²) in [6.07, 6.45) is 3.37. The summed E-state index contributed by atoms with van der Waals surface area (Å²) in [6.45, 7) is 0. The lowest BCUT2D eigenvalue weighted by Crippen LogP contribution is -1.88. The minimum absolute atomic E-state index is 0.588. The zero-order chi connectivity index (χ0) is 14.7. The Balaban J connectivity index is 2.04. The summed E-state index contributed by atoms with van der Waals surface area (Å²) < 4.78 is 0. The molecule has 0 aliphatic carbocycles. The minimum atomic E-state index is 0.588. The first-order valence-electron chi connectivity index (χ1n) is 6.35. The number of hydrogen-bond acceptors (Lipinski definition) is 3. The summed E-state index contributed by atoms with van der Waals surface area (Å²) in [5.74, 6) is 0. The molecule has 0 saturated heterocycles. The fraction of sp³-hybridized carbons (Fsp3) is 0. The average molecular weight is 292 g/mol. The SMILES string of the molecule is N#Cc1ccnc(-c2ccnc(-c3ccc(Cl)cc3)c2)c1. The Morgan fingerprint density at radius 2 is 1.48 bits per heavy atom. The molecule has 2 heterocycles. The molecule has 0 spiro atoms. The lowest BCUT2D eigenvalue weighted by molar-refractivity contribution is 1.28. The Kier molecular flexibility index (Phi) is 3.63. The van der Waals surface area contributed by atoms with E-state index >= 15 is 0 Å². The van der Waals surface area contributed by atoms with E-state index in [4.69, 9.17) is 16.9 Å². The van der Waals surface area contributed by atoms with E-state index in [1.807, 2.05) is 36.4 Å². The highest BCUT2D eigenvalue weighted by Crippen LogP contribution is 2.24. The zero-order valence-electron chi connectivity index (χ0n) is 11.0. The largest absolute Gasteiger partial charge is 0.256 e. The van der Waals surface area contributed by atoms with Crippen LogP contribution in [0.15, 0.2) is 60.9 Å². The topological polar surface area (TPSA) is 49.6 Å². The molecule has 3 rings (SSSR count). The molecule has 0 saturated carbocycles. The van der Waals surface area contributed by atoms with Crippen LogP contribution < -0.4 is 0 Å². The van der Waals surface area contributed by atoms with Crippen LogP contribution in [-0.2, 0) is 0 Å². The van der Waals surface area contributed by atoms with E-state index in [0.29, 0.717) is 10.6 Å². The van der Waals surface area contributed by atoms with Crippen molar-refractivity contribution in [2.24, 2.45) is 0 Å². The van der Waals surface area contributed by atoms with Crippen molar-refractivity contribution >= 4 is 11.6 Å². The highest BCUT2D eigenvalue weighted by molar-refractivity contribution is 6.30. The van der Waals surface area contributed by atoms with Crippen LogP contribution in [0.3, 0.4) is 0 Å². The van der Waals surface area contributed by atoms with Crippen LogP contribution in [0.5, 0.6) is 0 Å². The van der Waals surface area contributed by atoms with Crippen molar-refractivity contribution in [3.05, 3.63) is 71.5 Å². The van der Waals surface area contributed by atoms with Crippen molar-refractivity contribution in [2.75, 3.05) is 0 Å². The number of pyridine rings is 2. The molecule has 0 bridgehead atoms. The normalized spacial score (nSPS) is 10.1. The lowest BCUT2D eigenvalue weighted by atomic mass is 10.1. The summed E-state index contributed by atoms with van der Waals surface area (Å²) in [5.41, 5.74) is 4.09. The number of halogens is 1. The van der Waals surface area contributed by atoms with E-state index < -0.39 is 0 Å². The Morgan fingerprint density at radius 3 is 2.19 bits per heavy atom. The fourth-order valence-electron chi connectivity index (χ4n) is 2.03. The van der Waals surface area contributed by atoms with Gasteiger partial charge in [0.2, 0.25) is 0 Å². The van der Waals surface area contributed by atoms with Crippen LogP contribution in [0.2, 0.25) is 5.02 Å². The number of rotatable bonds is 2. The van der Waals surface area contributed by atoms with E-state index in [1.165, 1.54) is 0 Å². The molecule has 0 N–H and O–H groups in total. The van der Waals surface area contributed by atoms with Gasteiger partial charge in [-0.05, 0) is 36.4 Å². The van der Waals surface area contributed by atoms with Crippen molar-refractivity contribution in [2.45, 2.75) is 0 Å². The first-order valence-corrected chi connectivity index (χ1v) is 6.72. The third-order valence-corrected chi connectivity index (χ3v) is 3.34. The van der Waals surface area contributed by atoms with E-state index in [2.05, 4.69) is 16.0 Å². The molecule has 0 unspecified atom stereocenters. The predicted molar refractivity (Wildman–Crippen MR) is 82.6 cm³/mol. The fourth-order valence-corrected chi connectivity index (χ4v) is 2.15. The predicted octanol–water partition coefficient (Wildman–Crippen LogP) is 4.34. The molecule has 100 valence electrons. The Labute approximate surface area is 127 Å². The summed E-state index contributed by atoms with van der Waals surface area (Å²) in [4.78, 5) is 8.68. The molecule has 0 fully saturated rings. The average Bonchev–Trinajstić information content (AvgIpc) is 2.56. The smallest absolute Gasteiger partial charge is 0.0992 e. The van der Waals surface area contributed by atoms with Crippen LogP contribution in [0.1, 0.15) is 5.56 Å². The molecular weight excluding hydrogens is 282 g/mol. The quantitative estimate of drug-likeness (QED) is 0.706. The van der Waals surface area contributed by atoms with Gasteiger partial charge in [0.05, 0.1) is 23.0 Å². The van der Waals surface area contributed by atoms with Crippen LogP contribution in [0.4, 0.5) is 0 Å². The molecular formula is C17H10ClN3. The van der Waals surface area contributed by atoms with Crippen LogP contribution in [0.25, 0.3) is 22.5 Å². The first kappa shape index (κ1) is 13.3. The second-order valence-electron chi connectivity index (χ2n) is 4.48. The number of hydrogen-bond donors (Lipinski definition) is 0. The maximum Gasteiger partial charge on any atom is 0.0992 e. The highest BCUT2D eigenvalue weighted by atomic mass is 35.5. The summed E-state index contributed by atoms with van der Waals surface area (Å²) >= 11 is 5.90. The number of benzene rings is 1. The molecule has 0 aliphatic rings. The molecule has 0 aliphatic heterocycles. The molecule has 4 heteroatoms. The first-order chi connectivity index (χ1) is 10.3. The second kappa shape index (κ2) is 5.74. The van der Waals surface area contributed by atoms with Gasteiger partial charge in [-0.1, -0.05) is 23.7 Å². The van der Waals surface area contributed by atoms with Gasteiger partial charge in [-0.2, -0.15) is 5.26 Å². The third kappa shape index (κ3) is 2.91. The molecule has 21 heavy (non-hydrogen) atoms. The van der Waals surface area contributed by atoms with Gasteiger partial charge in [-0.3, -0.25) is 9.97 Å². The van der Waals surface area contributed by atoms with E-state index in [-0.39, 0.29) is 0 Å². The maximum atomic E-state index is 8.96. The van der Waals surface area contributed by atoms with Gasteiger partial charge in [0.25, 0.3) is 0 Å². The van der Waals surface area contributed by atoms with E-state index in [9.17, 15) is 0 Å². The van der Waals surface area contributed by atoms with Crippen LogP contribution >= 0.6 is 11.6 Å². The third-order valence-electron chi connectivity index (χ3n) is 3.08. The van der Waals surface area contributed by atoms with Crippen molar-refractivity contribution in [3.63, 3.8) is 0 Å². The molecule has 3 aromatic rings. The summed E-state index contributed by atoms with van der Waals surface area (Å²) in [5, 5.41) is 9.66. The monoisotopic (exact) mass is 291 g/mol. The minimum Gasteiger partial charge on any atom is -0.256 e. The molecule has 0 atom stereocenters. The molecule has 3 nitrogen and oxygen atoms in total. The highest BCUT2D eigenvalue weighted by Gasteiger charge is 2.05. The van der Waals surface area contributed by atoms with Crippen molar-refractivity contribution < 1.29 is 0 Å². The molecule has 1 aromatic carbocycles. The van der Waals surface area contributed by atoms with Gasteiger partial charge < -0.3 is 0 Å². The lowest BCUT2D eigenvalue weighted by Gasteiger charge is -2.05. The Hall–Kier alpha value is -2.70. The van der Waals surface area contributed by atoms with Crippen LogP contribution in [-0.4, -0.2) is 9.97 Å². The van der Waals surface area contributed by atoms with E-state index in [0.717, 1.165) is 22.5 Å². The second-order valence-corrected chi connectivity index (χ2v) is 4.91. The summed E-state index contributed by atoms with van der Waals surface area (Å²) in [7, 11) is 0. The van der Waals surface area contributed by atoms with Crippen LogP contribution in [0, 0.1) is 11.3 Å². The molecule has 0 radical (unpaired) electrons. The van der Waals surface area contributed by atoms with E-state index in [1.54, 1.807) is 24.5 Å². The van der Waals surface area contributed by atoms with Gasteiger partial charge in [-0.25, -0.2) is 0 Å². The van der Waals surface area contributed by atoms with Gasteiger partial charge in [0.1, 0.15) is 0 Å². The standard InChI is InChI=1S/C17H10ClN3/c18-15-3-1-13(2-4-15)17-10-14(6-8-21-17)16-9-12(11-19)5-7-20-16/h1-10H. The van der Waals surface area contributed by atoms with Gasteiger partial charge in [0, 0.05) is 28.5 Å². The van der Waals surface area contributed by atoms with Gasteiger partial charge in [-0.15, -0.1) is 0 Å². The van der Waals surface area contributed by atoms with Crippen molar-refractivity contribution in [1.29, 1.82) is 5.26 Å². The number of nitrogens with zero attached hydrogens (tertiary/aromatic N) is 3. The Bertz CT molecular complexity index is 820. The van der Waals surface area contributed by atoms with Gasteiger partial charge >= 0.3 is 0 Å². The number of nitriles is 1. The Morgan fingerprint density at radius 1 is 0.810 bits per heavy atom. The zero-order valence-corrected chi connectivity index (χ0v) is 11.7. The van der Waals surface area contributed by atoms with Gasteiger partial charge in [0.15, 0.2) is 0 Å². The van der Waals surface area contributed by atoms with Crippen molar-refractivity contribution in [1.82, 2.24) is 9.97 Å². The molecule has 0 amide bonds. The molecule has 2 aromatic heterocycles. The van der Waals surface area contributed by atoms with Crippen molar-refractivity contribution in [3.8, 4) is 28.6 Å². The maximum absolute atomic E-state index is 8.96.